The summed E-state index contributed by atoms with van der Waals surface area (Å²) in [7, 11) is 1.21. The van der Waals surface area contributed by atoms with E-state index in [0.29, 0.717) is 29.7 Å². The molecule has 1 heterocycles. The zero-order valence-corrected chi connectivity index (χ0v) is 20.2. The van der Waals surface area contributed by atoms with E-state index in [1.165, 1.54) is 18.4 Å². The molecule has 0 aliphatic heterocycles. The molecule has 8 nitrogen and oxygen atoms in total. The van der Waals surface area contributed by atoms with Crippen molar-refractivity contribution in [3.8, 4) is 0 Å². The molecular weight excluding hydrogens is 436 g/mol. The Balaban J connectivity index is 2.61. The summed E-state index contributed by atoms with van der Waals surface area (Å²) in [6.07, 6.45) is 0.108. The number of methoxy groups -OCH3 is 1. The van der Waals surface area contributed by atoms with Crippen LogP contribution in [0.3, 0.4) is 0 Å². The van der Waals surface area contributed by atoms with E-state index in [-0.39, 0.29) is 25.7 Å². The molecular formula is C23H32O8S. The van der Waals surface area contributed by atoms with Gasteiger partial charge in [0.05, 0.1) is 12.0 Å². The molecule has 178 valence electrons. The number of carbonyl (C=O) groups excluding carboxylic acids is 4. The quantitative estimate of drug-likeness (QED) is 0.370. The summed E-state index contributed by atoms with van der Waals surface area (Å²) in [5.74, 6) is -2.24. The number of thiophene rings is 1. The van der Waals surface area contributed by atoms with Crippen LogP contribution < -0.4 is 0 Å². The van der Waals surface area contributed by atoms with E-state index in [4.69, 9.17) is 18.9 Å². The maximum absolute atomic E-state index is 13.0. The van der Waals surface area contributed by atoms with Gasteiger partial charge in [-0.2, -0.15) is 0 Å². The van der Waals surface area contributed by atoms with Crippen molar-refractivity contribution in [3.63, 3.8) is 0 Å². The standard InChI is InChI=1S/C23H32O8S/c1-6-9-17(24)29-16-13-23(22(27)28-5,31-19(26)11-8-3)15-12-14(4)32-21(15)20(16)30-18(25)10-7-2/h12,16,20H,6-11,13H2,1-5H3/t16-,20+,23-/m1/s1. The molecule has 32 heavy (non-hydrogen) atoms. The molecule has 0 saturated heterocycles. The summed E-state index contributed by atoms with van der Waals surface area (Å²) in [4.78, 5) is 51.6. The first-order chi connectivity index (χ1) is 15.2. The predicted octanol–water partition coefficient (Wildman–Crippen LogP) is 4.27. The molecule has 3 atom stereocenters. The van der Waals surface area contributed by atoms with Crippen LogP contribution in [-0.4, -0.2) is 37.1 Å². The topological polar surface area (TPSA) is 105 Å². The Morgan fingerprint density at radius 1 is 0.969 bits per heavy atom. The fourth-order valence-corrected chi connectivity index (χ4v) is 4.92. The van der Waals surface area contributed by atoms with Crippen LogP contribution in [-0.2, 0) is 43.7 Å². The lowest BCUT2D eigenvalue weighted by Gasteiger charge is -2.40. The second-order valence-corrected chi connectivity index (χ2v) is 9.11. The first-order valence-corrected chi connectivity index (χ1v) is 11.8. The van der Waals surface area contributed by atoms with E-state index in [1.807, 2.05) is 27.7 Å². The van der Waals surface area contributed by atoms with Crippen LogP contribution in [0.5, 0.6) is 0 Å². The zero-order valence-electron chi connectivity index (χ0n) is 19.4. The highest BCUT2D eigenvalue weighted by Crippen LogP contribution is 2.50. The molecule has 0 aromatic carbocycles. The largest absolute Gasteiger partial charge is 0.466 e. The number of fused-ring (bicyclic) bond motifs is 1. The van der Waals surface area contributed by atoms with Gasteiger partial charge in [0.25, 0.3) is 0 Å². The fourth-order valence-electron chi connectivity index (χ4n) is 3.74. The maximum Gasteiger partial charge on any atom is 0.355 e. The molecule has 1 aliphatic carbocycles. The van der Waals surface area contributed by atoms with Crippen LogP contribution in [0.25, 0.3) is 0 Å². The van der Waals surface area contributed by atoms with Gasteiger partial charge in [-0.05, 0) is 32.3 Å². The smallest absolute Gasteiger partial charge is 0.355 e. The molecule has 0 fully saturated rings. The van der Waals surface area contributed by atoms with Crippen LogP contribution in [0.15, 0.2) is 6.07 Å². The normalized spacial score (nSPS) is 21.9. The van der Waals surface area contributed by atoms with Crippen molar-refractivity contribution in [1.29, 1.82) is 0 Å². The second-order valence-electron chi connectivity index (χ2n) is 7.82. The molecule has 0 amide bonds. The third-order valence-corrected chi connectivity index (χ3v) is 6.22. The highest BCUT2D eigenvalue weighted by Gasteiger charge is 2.57. The molecule has 2 rings (SSSR count). The molecule has 0 N–H and O–H groups in total. The average molecular weight is 469 g/mol. The molecule has 0 bridgehead atoms. The lowest BCUT2D eigenvalue weighted by atomic mass is 9.79. The van der Waals surface area contributed by atoms with E-state index >= 15 is 0 Å². The molecule has 1 aromatic heterocycles. The molecule has 1 aromatic rings. The van der Waals surface area contributed by atoms with Gasteiger partial charge in [0.2, 0.25) is 5.60 Å². The van der Waals surface area contributed by atoms with Crippen molar-refractivity contribution in [2.75, 3.05) is 7.11 Å². The lowest BCUT2D eigenvalue weighted by molar-refractivity contribution is -0.199. The van der Waals surface area contributed by atoms with Gasteiger partial charge in [-0.15, -0.1) is 11.3 Å². The van der Waals surface area contributed by atoms with Gasteiger partial charge in [0, 0.05) is 36.1 Å². The highest BCUT2D eigenvalue weighted by atomic mass is 32.1. The molecule has 0 saturated carbocycles. The Morgan fingerprint density at radius 3 is 2.09 bits per heavy atom. The minimum absolute atomic E-state index is 0.117. The van der Waals surface area contributed by atoms with Gasteiger partial charge in [0.15, 0.2) is 6.10 Å². The van der Waals surface area contributed by atoms with Crippen LogP contribution in [0, 0.1) is 6.92 Å². The van der Waals surface area contributed by atoms with Crippen molar-refractivity contribution in [1.82, 2.24) is 0 Å². The van der Waals surface area contributed by atoms with E-state index < -0.39 is 41.7 Å². The lowest BCUT2D eigenvalue weighted by Crippen LogP contribution is -2.50. The Hall–Kier alpha value is -2.42. The van der Waals surface area contributed by atoms with E-state index in [9.17, 15) is 19.2 Å². The summed E-state index contributed by atoms with van der Waals surface area (Å²) in [6.45, 7) is 7.36. The predicted molar refractivity (Wildman–Crippen MR) is 117 cm³/mol. The Kier molecular flexibility index (Phi) is 9.24. The SMILES string of the molecule is CCCC(=O)O[C@@H]1c2sc(C)cc2[C@@](OC(=O)CCC)(C(=O)OC)C[C@H]1OC(=O)CCC. The van der Waals surface area contributed by atoms with Crippen LogP contribution >= 0.6 is 11.3 Å². The summed E-state index contributed by atoms with van der Waals surface area (Å²) in [5.41, 5.74) is -1.38. The molecule has 0 unspecified atom stereocenters. The van der Waals surface area contributed by atoms with Crippen molar-refractivity contribution < 1.29 is 38.1 Å². The van der Waals surface area contributed by atoms with Gasteiger partial charge < -0.3 is 18.9 Å². The average Bonchev–Trinajstić information content (AvgIpc) is 3.12. The monoisotopic (exact) mass is 468 g/mol. The number of esters is 4. The second kappa shape index (κ2) is 11.4. The molecule has 1 aliphatic rings. The zero-order chi connectivity index (χ0) is 23.9. The first-order valence-electron chi connectivity index (χ1n) is 11.0. The summed E-state index contributed by atoms with van der Waals surface area (Å²) < 4.78 is 22.2. The molecule has 9 heteroatoms. The first kappa shape index (κ1) is 25.8. The number of carbonyl (C=O) groups is 4. The molecule has 0 spiro atoms. The summed E-state index contributed by atoms with van der Waals surface area (Å²) in [5, 5.41) is 0. The number of hydrogen-bond donors (Lipinski definition) is 0. The van der Waals surface area contributed by atoms with Crippen molar-refractivity contribution in [2.24, 2.45) is 0 Å². The number of ether oxygens (including phenoxy) is 4. The van der Waals surface area contributed by atoms with Crippen LogP contribution in [0.4, 0.5) is 0 Å². The Bertz CT molecular complexity index is 845. The third-order valence-electron chi connectivity index (χ3n) is 5.11. The minimum atomic E-state index is -1.79. The van der Waals surface area contributed by atoms with Crippen LogP contribution in [0.2, 0.25) is 0 Å². The number of aryl methyl sites for hydroxylation is 1. The van der Waals surface area contributed by atoms with Crippen molar-refractivity contribution >= 4 is 35.2 Å². The van der Waals surface area contributed by atoms with Gasteiger partial charge in [-0.3, -0.25) is 14.4 Å². The van der Waals surface area contributed by atoms with Gasteiger partial charge in [0.1, 0.15) is 6.10 Å². The summed E-state index contributed by atoms with van der Waals surface area (Å²) >= 11 is 1.31. The summed E-state index contributed by atoms with van der Waals surface area (Å²) in [6, 6.07) is 1.74. The number of rotatable bonds is 10. The maximum atomic E-state index is 13.0. The fraction of sp³-hybridized carbons (Fsp3) is 0.652. The molecule has 0 radical (unpaired) electrons. The van der Waals surface area contributed by atoms with Gasteiger partial charge >= 0.3 is 23.9 Å². The Morgan fingerprint density at radius 2 is 1.53 bits per heavy atom. The third kappa shape index (κ3) is 5.68. The minimum Gasteiger partial charge on any atom is -0.466 e. The highest BCUT2D eigenvalue weighted by molar-refractivity contribution is 7.12. The van der Waals surface area contributed by atoms with Crippen molar-refractivity contribution in [3.05, 3.63) is 21.4 Å². The number of hydrogen-bond acceptors (Lipinski definition) is 9. The Labute approximate surface area is 192 Å². The van der Waals surface area contributed by atoms with E-state index in [1.54, 1.807) is 6.07 Å². The van der Waals surface area contributed by atoms with Gasteiger partial charge in [-0.1, -0.05) is 20.8 Å². The van der Waals surface area contributed by atoms with Crippen LogP contribution in [0.1, 0.15) is 87.1 Å². The van der Waals surface area contributed by atoms with E-state index in [0.717, 1.165) is 4.88 Å². The van der Waals surface area contributed by atoms with Crippen molar-refractivity contribution in [2.45, 2.75) is 90.4 Å². The van der Waals surface area contributed by atoms with Gasteiger partial charge in [-0.25, -0.2) is 4.79 Å². The van der Waals surface area contributed by atoms with E-state index in [2.05, 4.69) is 0 Å².